The van der Waals surface area contributed by atoms with Gasteiger partial charge >= 0.3 is 0 Å². The van der Waals surface area contributed by atoms with E-state index < -0.39 is 10.8 Å². The summed E-state index contributed by atoms with van der Waals surface area (Å²) in [6.07, 6.45) is 8.59. The minimum atomic E-state index is -0.468. The molecule has 0 aliphatic carbocycles. The molecule has 4 rings (SSSR count). The van der Waals surface area contributed by atoms with E-state index in [0.29, 0.717) is 23.8 Å². The SMILES string of the molecule is O=C(/C=C/c1ccc([N+](=O)[O-])cc1)N=C1N=C2C=CC(Br)=CN2Cc2ccccc21. The van der Waals surface area contributed by atoms with Crippen LogP contribution in [0.2, 0.25) is 0 Å². The third-order valence-electron chi connectivity index (χ3n) is 4.52. The number of nitro groups is 1. The van der Waals surface area contributed by atoms with Crippen molar-refractivity contribution < 1.29 is 9.72 Å². The lowest BCUT2D eigenvalue weighted by atomic mass is 10.1. The lowest BCUT2D eigenvalue weighted by molar-refractivity contribution is -0.384. The fourth-order valence-electron chi connectivity index (χ4n) is 3.07. The number of nitrogens with zero attached hydrogens (tertiary/aromatic N) is 4. The average Bonchev–Trinajstić information content (AvgIpc) is 2.88. The van der Waals surface area contributed by atoms with E-state index in [1.165, 1.54) is 18.2 Å². The Bertz CT molecular complexity index is 1180. The number of carbonyl (C=O) groups is 1. The monoisotopic (exact) mass is 462 g/mol. The number of aliphatic imine (C=N–C) groups is 2. The van der Waals surface area contributed by atoms with Crippen molar-refractivity contribution in [2.24, 2.45) is 9.98 Å². The summed E-state index contributed by atoms with van der Waals surface area (Å²) in [7, 11) is 0. The predicted octanol–water partition coefficient (Wildman–Crippen LogP) is 4.60. The molecule has 0 atom stereocenters. The van der Waals surface area contributed by atoms with Crippen LogP contribution in [0, 0.1) is 10.1 Å². The minimum absolute atomic E-state index is 0.00427. The minimum Gasteiger partial charge on any atom is -0.327 e. The fourth-order valence-corrected chi connectivity index (χ4v) is 3.45. The Labute approximate surface area is 180 Å². The number of hydrogen-bond acceptors (Lipinski definition) is 4. The van der Waals surface area contributed by atoms with E-state index in [0.717, 1.165) is 15.6 Å². The molecular formula is C22H15BrN4O3. The zero-order valence-corrected chi connectivity index (χ0v) is 17.2. The second kappa shape index (κ2) is 8.38. The van der Waals surface area contributed by atoms with Crippen LogP contribution >= 0.6 is 15.9 Å². The lowest BCUT2D eigenvalue weighted by Crippen LogP contribution is -2.24. The number of nitro benzene ring substituents is 1. The van der Waals surface area contributed by atoms with E-state index in [-0.39, 0.29) is 5.69 Å². The van der Waals surface area contributed by atoms with Gasteiger partial charge in [0.15, 0.2) is 5.84 Å². The summed E-state index contributed by atoms with van der Waals surface area (Å²) in [5, 5.41) is 10.7. The summed E-state index contributed by atoms with van der Waals surface area (Å²) in [5.74, 6) is 0.574. The summed E-state index contributed by atoms with van der Waals surface area (Å²) in [6, 6.07) is 13.6. The van der Waals surface area contributed by atoms with Crippen molar-refractivity contribution in [2.75, 3.05) is 0 Å². The van der Waals surface area contributed by atoms with Crippen molar-refractivity contribution >= 4 is 45.3 Å². The largest absolute Gasteiger partial charge is 0.327 e. The van der Waals surface area contributed by atoms with Crippen LogP contribution in [-0.2, 0) is 11.3 Å². The molecule has 1 amide bonds. The van der Waals surface area contributed by atoms with E-state index in [2.05, 4.69) is 25.9 Å². The fraction of sp³-hybridized carbons (Fsp3) is 0.0455. The molecule has 0 spiro atoms. The first-order chi connectivity index (χ1) is 14.5. The standard InChI is InChI=1S/C22H15BrN4O3/c23-17-8-11-20-24-22(19-4-2-1-3-16(19)13-26(20)14-17)25-21(28)12-7-15-5-9-18(10-6-15)27(29)30/h1-12,14H,13H2/b12-7+,25-22?. The van der Waals surface area contributed by atoms with Crippen LogP contribution in [0.25, 0.3) is 6.08 Å². The van der Waals surface area contributed by atoms with Gasteiger partial charge in [-0.2, -0.15) is 4.99 Å². The summed E-state index contributed by atoms with van der Waals surface area (Å²) < 4.78 is 0.932. The second-order valence-corrected chi connectivity index (χ2v) is 7.47. The molecule has 8 heteroatoms. The second-order valence-electron chi connectivity index (χ2n) is 6.56. The van der Waals surface area contributed by atoms with Gasteiger partial charge in [0, 0.05) is 41.0 Å². The smallest absolute Gasteiger partial charge is 0.271 e. The average molecular weight is 463 g/mol. The van der Waals surface area contributed by atoms with Crippen molar-refractivity contribution in [2.45, 2.75) is 6.54 Å². The molecule has 0 bridgehead atoms. The molecule has 0 fully saturated rings. The van der Waals surface area contributed by atoms with Gasteiger partial charge in [-0.1, -0.05) is 24.3 Å². The quantitative estimate of drug-likeness (QED) is 0.378. The maximum Gasteiger partial charge on any atom is 0.271 e. The van der Waals surface area contributed by atoms with Crippen LogP contribution in [0.1, 0.15) is 16.7 Å². The van der Waals surface area contributed by atoms with Crippen LogP contribution < -0.4 is 0 Å². The summed E-state index contributed by atoms with van der Waals surface area (Å²) >= 11 is 3.47. The number of halogens is 1. The molecule has 0 saturated heterocycles. The van der Waals surface area contributed by atoms with Gasteiger partial charge in [-0.3, -0.25) is 14.9 Å². The Morgan fingerprint density at radius 2 is 1.93 bits per heavy atom. The van der Waals surface area contributed by atoms with Crippen molar-refractivity contribution in [3.63, 3.8) is 0 Å². The first kappa shape index (κ1) is 19.7. The van der Waals surface area contributed by atoms with E-state index in [1.807, 2.05) is 47.5 Å². The first-order valence-corrected chi connectivity index (χ1v) is 9.83. The number of fused-ring (bicyclic) bond motifs is 2. The third-order valence-corrected chi connectivity index (χ3v) is 4.99. The maximum absolute atomic E-state index is 12.5. The molecular weight excluding hydrogens is 448 g/mol. The van der Waals surface area contributed by atoms with Crippen molar-refractivity contribution in [1.82, 2.24) is 4.90 Å². The van der Waals surface area contributed by atoms with Gasteiger partial charge in [-0.15, -0.1) is 0 Å². The molecule has 0 N–H and O–H groups in total. The first-order valence-electron chi connectivity index (χ1n) is 9.04. The van der Waals surface area contributed by atoms with E-state index in [4.69, 9.17) is 0 Å². The highest BCUT2D eigenvalue weighted by molar-refractivity contribution is 9.11. The molecule has 0 saturated carbocycles. The van der Waals surface area contributed by atoms with Gasteiger partial charge in [-0.05, 0) is 57.4 Å². The van der Waals surface area contributed by atoms with Crippen LogP contribution in [0.5, 0.6) is 0 Å². The lowest BCUT2D eigenvalue weighted by Gasteiger charge is -2.21. The number of benzene rings is 2. The predicted molar refractivity (Wildman–Crippen MR) is 119 cm³/mol. The van der Waals surface area contributed by atoms with Crippen molar-refractivity contribution in [3.05, 3.63) is 104 Å². The number of rotatable bonds is 3. The van der Waals surface area contributed by atoms with Crippen molar-refractivity contribution in [3.8, 4) is 0 Å². The van der Waals surface area contributed by atoms with Crippen LogP contribution in [0.3, 0.4) is 0 Å². The number of hydrogen-bond donors (Lipinski definition) is 0. The van der Waals surface area contributed by atoms with Crippen LogP contribution in [0.15, 0.2) is 87.4 Å². The molecule has 2 heterocycles. The Morgan fingerprint density at radius 1 is 1.17 bits per heavy atom. The van der Waals surface area contributed by atoms with Gasteiger partial charge in [0.2, 0.25) is 0 Å². The van der Waals surface area contributed by atoms with E-state index in [9.17, 15) is 14.9 Å². The molecule has 7 nitrogen and oxygen atoms in total. The molecule has 0 aromatic heterocycles. The Kier molecular flexibility index (Phi) is 5.49. The molecule has 2 aromatic rings. The molecule has 30 heavy (non-hydrogen) atoms. The molecule has 2 aromatic carbocycles. The van der Waals surface area contributed by atoms with E-state index >= 15 is 0 Å². The highest BCUT2D eigenvalue weighted by Gasteiger charge is 2.21. The van der Waals surface area contributed by atoms with Crippen LogP contribution in [0.4, 0.5) is 5.69 Å². The summed E-state index contributed by atoms with van der Waals surface area (Å²) in [6.45, 7) is 0.611. The summed E-state index contributed by atoms with van der Waals surface area (Å²) in [5.41, 5.74) is 2.47. The zero-order chi connectivity index (χ0) is 21.1. The molecule has 148 valence electrons. The van der Waals surface area contributed by atoms with E-state index in [1.54, 1.807) is 18.2 Å². The van der Waals surface area contributed by atoms with Gasteiger partial charge in [-0.25, -0.2) is 4.99 Å². The maximum atomic E-state index is 12.5. The zero-order valence-electron chi connectivity index (χ0n) is 15.6. The highest BCUT2D eigenvalue weighted by Crippen LogP contribution is 2.23. The van der Waals surface area contributed by atoms with Gasteiger partial charge < -0.3 is 4.90 Å². The van der Waals surface area contributed by atoms with Crippen molar-refractivity contribution in [1.29, 1.82) is 0 Å². The number of amides is 1. The Morgan fingerprint density at radius 3 is 2.70 bits per heavy atom. The summed E-state index contributed by atoms with van der Waals surface area (Å²) in [4.78, 5) is 33.6. The van der Waals surface area contributed by atoms with Gasteiger partial charge in [0.25, 0.3) is 11.6 Å². The topological polar surface area (TPSA) is 88.2 Å². The number of carbonyl (C=O) groups excluding carboxylic acids is 1. The number of non-ortho nitro benzene ring substituents is 1. The van der Waals surface area contributed by atoms with Gasteiger partial charge in [0.1, 0.15) is 5.84 Å². The number of allylic oxidation sites excluding steroid dienone is 2. The third kappa shape index (κ3) is 4.33. The molecule has 2 aliphatic rings. The molecule has 0 unspecified atom stereocenters. The molecule has 0 radical (unpaired) electrons. The highest BCUT2D eigenvalue weighted by atomic mass is 79.9. The Hall–Kier alpha value is -3.65. The normalized spacial score (nSPS) is 16.6. The number of amidine groups is 2. The van der Waals surface area contributed by atoms with Crippen LogP contribution in [-0.4, -0.2) is 27.4 Å². The van der Waals surface area contributed by atoms with Gasteiger partial charge in [0.05, 0.1) is 4.92 Å². The Balaban J connectivity index is 1.64. The molecule has 2 aliphatic heterocycles.